The number of rotatable bonds is 4. The van der Waals surface area contributed by atoms with E-state index in [1.807, 2.05) is 6.92 Å². The first-order chi connectivity index (χ1) is 7.95. The number of nitrogen functional groups attached to an aromatic ring is 1. The summed E-state index contributed by atoms with van der Waals surface area (Å²) >= 11 is 1.19. The highest BCUT2D eigenvalue weighted by molar-refractivity contribution is 7.13. The second kappa shape index (κ2) is 5.62. The zero-order valence-corrected chi connectivity index (χ0v) is 10.9. The van der Waals surface area contributed by atoms with Crippen LogP contribution < -0.4 is 11.1 Å². The average Bonchev–Trinajstić information content (AvgIpc) is 2.73. The molecule has 1 heterocycles. The van der Waals surface area contributed by atoms with Crippen molar-refractivity contribution in [3.05, 3.63) is 11.1 Å². The number of nitrogens with two attached hydrogens (primary N) is 1. The molecule has 0 aliphatic rings. The van der Waals surface area contributed by atoms with Gasteiger partial charge in [0.2, 0.25) is 5.91 Å². The lowest BCUT2D eigenvalue weighted by Gasteiger charge is -2.20. The van der Waals surface area contributed by atoms with E-state index < -0.39 is 6.04 Å². The summed E-state index contributed by atoms with van der Waals surface area (Å²) in [5.41, 5.74) is 5.67. The molecule has 1 atom stereocenters. The van der Waals surface area contributed by atoms with Crippen LogP contribution >= 0.6 is 11.3 Å². The zero-order chi connectivity index (χ0) is 13.0. The van der Waals surface area contributed by atoms with Gasteiger partial charge in [-0.3, -0.25) is 9.59 Å². The molecule has 6 nitrogen and oxygen atoms in total. The van der Waals surface area contributed by atoms with Crippen LogP contribution in [0.25, 0.3) is 0 Å². The van der Waals surface area contributed by atoms with Crippen LogP contribution in [-0.2, 0) is 4.79 Å². The van der Waals surface area contributed by atoms with E-state index in [0.29, 0.717) is 11.7 Å². The van der Waals surface area contributed by atoms with Crippen LogP contribution in [0.3, 0.4) is 0 Å². The fourth-order valence-electron chi connectivity index (χ4n) is 1.21. The van der Waals surface area contributed by atoms with Gasteiger partial charge >= 0.3 is 0 Å². The Morgan fingerprint density at radius 1 is 1.65 bits per heavy atom. The molecular formula is C10H16N4O2S. The van der Waals surface area contributed by atoms with Crippen LogP contribution in [0, 0.1) is 0 Å². The summed E-state index contributed by atoms with van der Waals surface area (Å²) in [6.07, 6.45) is 0. The molecule has 0 bridgehead atoms. The van der Waals surface area contributed by atoms with Gasteiger partial charge in [-0.1, -0.05) is 0 Å². The van der Waals surface area contributed by atoms with Crippen molar-refractivity contribution in [2.24, 2.45) is 0 Å². The summed E-state index contributed by atoms with van der Waals surface area (Å²) in [5.74, 6) is -0.521. The third kappa shape index (κ3) is 3.42. The van der Waals surface area contributed by atoms with Crippen LogP contribution in [0.2, 0.25) is 0 Å². The fourth-order valence-corrected chi connectivity index (χ4v) is 1.75. The molecule has 3 N–H and O–H groups in total. The number of nitrogens with zero attached hydrogens (tertiary/aromatic N) is 2. The Morgan fingerprint density at radius 2 is 2.29 bits per heavy atom. The Morgan fingerprint density at radius 3 is 2.76 bits per heavy atom. The minimum atomic E-state index is -0.574. The summed E-state index contributed by atoms with van der Waals surface area (Å²) in [4.78, 5) is 28.8. The van der Waals surface area contributed by atoms with Crippen LogP contribution in [0.15, 0.2) is 5.38 Å². The van der Waals surface area contributed by atoms with Gasteiger partial charge in [-0.25, -0.2) is 4.98 Å². The predicted octanol–water partition coefficient (Wildman–Crippen LogP) is 0.322. The maximum atomic E-state index is 11.7. The molecule has 0 aliphatic heterocycles. The number of anilines is 1. The normalized spacial score (nSPS) is 11.9. The summed E-state index contributed by atoms with van der Waals surface area (Å²) in [6, 6.07) is -0.574. The van der Waals surface area contributed by atoms with Crippen molar-refractivity contribution in [3.63, 3.8) is 0 Å². The summed E-state index contributed by atoms with van der Waals surface area (Å²) in [5, 5.41) is 4.48. The maximum absolute atomic E-state index is 11.7. The quantitative estimate of drug-likeness (QED) is 0.812. The number of amides is 2. The molecule has 0 saturated heterocycles. The first-order valence-electron chi connectivity index (χ1n) is 5.22. The van der Waals surface area contributed by atoms with Crippen LogP contribution in [0.1, 0.15) is 24.3 Å². The number of carbonyl (C=O) groups is 2. The third-order valence-electron chi connectivity index (χ3n) is 2.32. The van der Waals surface area contributed by atoms with E-state index in [2.05, 4.69) is 10.3 Å². The number of hydrogen-bond donors (Lipinski definition) is 2. The number of likely N-dealkylation sites (N-methyl/N-ethyl adjacent to an activating group) is 1. The molecule has 1 aromatic heterocycles. The number of aromatic nitrogens is 1. The number of nitrogens with one attached hydrogen (secondary N) is 1. The molecule has 1 aromatic rings. The molecule has 0 saturated carbocycles. The van der Waals surface area contributed by atoms with E-state index >= 15 is 0 Å². The Bertz CT molecular complexity index is 418. The molecule has 0 radical (unpaired) electrons. The summed E-state index contributed by atoms with van der Waals surface area (Å²) < 4.78 is 0. The standard InChI is InChI=1S/C10H16N4O2S/c1-4-14(3)9(16)6(2)12-8(15)7-5-17-10(11)13-7/h5-6H,4H2,1-3H3,(H2,11,13)(H,12,15). The zero-order valence-electron chi connectivity index (χ0n) is 10.1. The molecule has 0 aromatic carbocycles. The van der Waals surface area contributed by atoms with Gasteiger partial charge < -0.3 is 16.0 Å². The molecule has 94 valence electrons. The molecule has 17 heavy (non-hydrogen) atoms. The number of thiazole rings is 1. The van der Waals surface area contributed by atoms with Gasteiger partial charge in [0.15, 0.2) is 5.13 Å². The van der Waals surface area contributed by atoms with Gasteiger partial charge in [0.1, 0.15) is 11.7 Å². The second-order valence-corrected chi connectivity index (χ2v) is 4.51. The first kappa shape index (κ1) is 13.4. The van der Waals surface area contributed by atoms with Crippen molar-refractivity contribution >= 4 is 28.3 Å². The lowest BCUT2D eigenvalue weighted by Crippen LogP contribution is -2.45. The molecule has 2 amide bonds. The lowest BCUT2D eigenvalue weighted by atomic mass is 10.3. The minimum Gasteiger partial charge on any atom is -0.375 e. The van der Waals surface area contributed by atoms with Crippen molar-refractivity contribution in [3.8, 4) is 0 Å². The van der Waals surface area contributed by atoms with Crippen LogP contribution in [0.5, 0.6) is 0 Å². The fraction of sp³-hybridized carbons (Fsp3) is 0.500. The van der Waals surface area contributed by atoms with E-state index in [0.717, 1.165) is 0 Å². The maximum Gasteiger partial charge on any atom is 0.271 e. The summed E-state index contributed by atoms with van der Waals surface area (Å²) in [6.45, 7) is 4.11. The van der Waals surface area contributed by atoms with Crippen LogP contribution in [0.4, 0.5) is 5.13 Å². The Hall–Kier alpha value is -1.63. The van der Waals surface area contributed by atoms with E-state index in [-0.39, 0.29) is 17.5 Å². The van der Waals surface area contributed by atoms with Gasteiger partial charge in [0.25, 0.3) is 5.91 Å². The van der Waals surface area contributed by atoms with Crippen molar-refractivity contribution in [1.82, 2.24) is 15.2 Å². The first-order valence-corrected chi connectivity index (χ1v) is 6.10. The Balaban J connectivity index is 2.60. The average molecular weight is 256 g/mol. The van der Waals surface area contributed by atoms with Crippen LogP contribution in [-0.4, -0.2) is 41.3 Å². The van der Waals surface area contributed by atoms with E-state index in [4.69, 9.17) is 5.73 Å². The van der Waals surface area contributed by atoms with E-state index in [9.17, 15) is 9.59 Å². The Kier molecular flexibility index (Phi) is 4.45. The minimum absolute atomic E-state index is 0.135. The van der Waals surface area contributed by atoms with Gasteiger partial charge in [0.05, 0.1) is 0 Å². The molecule has 7 heteroatoms. The molecule has 1 rings (SSSR count). The highest BCUT2D eigenvalue weighted by Gasteiger charge is 2.20. The van der Waals surface area contributed by atoms with Gasteiger partial charge in [-0.2, -0.15) is 0 Å². The monoisotopic (exact) mass is 256 g/mol. The number of carbonyl (C=O) groups excluding carboxylic acids is 2. The van der Waals surface area contributed by atoms with E-state index in [1.54, 1.807) is 24.3 Å². The lowest BCUT2D eigenvalue weighted by molar-refractivity contribution is -0.131. The molecular weight excluding hydrogens is 240 g/mol. The largest absolute Gasteiger partial charge is 0.375 e. The summed E-state index contributed by atoms with van der Waals surface area (Å²) in [7, 11) is 1.69. The van der Waals surface area contributed by atoms with Crippen molar-refractivity contribution in [2.45, 2.75) is 19.9 Å². The van der Waals surface area contributed by atoms with Gasteiger partial charge in [-0.15, -0.1) is 11.3 Å². The Labute approximate surface area is 104 Å². The molecule has 0 aliphatic carbocycles. The molecule has 0 fully saturated rings. The number of hydrogen-bond acceptors (Lipinski definition) is 5. The highest BCUT2D eigenvalue weighted by atomic mass is 32.1. The van der Waals surface area contributed by atoms with E-state index in [1.165, 1.54) is 11.3 Å². The van der Waals surface area contributed by atoms with Crippen molar-refractivity contribution in [1.29, 1.82) is 0 Å². The van der Waals surface area contributed by atoms with Crippen molar-refractivity contribution < 1.29 is 9.59 Å². The second-order valence-electron chi connectivity index (χ2n) is 3.62. The third-order valence-corrected chi connectivity index (χ3v) is 3.00. The highest BCUT2D eigenvalue weighted by Crippen LogP contribution is 2.10. The predicted molar refractivity (Wildman–Crippen MR) is 66.8 cm³/mol. The topological polar surface area (TPSA) is 88.3 Å². The van der Waals surface area contributed by atoms with Crippen molar-refractivity contribution in [2.75, 3.05) is 19.3 Å². The smallest absolute Gasteiger partial charge is 0.271 e. The molecule has 1 unspecified atom stereocenters. The van der Waals surface area contributed by atoms with Gasteiger partial charge in [-0.05, 0) is 13.8 Å². The SMILES string of the molecule is CCN(C)C(=O)C(C)NC(=O)c1csc(N)n1. The molecule has 0 spiro atoms. The van der Waals surface area contributed by atoms with Gasteiger partial charge in [0, 0.05) is 19.0 Å².